The molecule has 1 aromatic heterocycles. The van der Waals surface area contributed by atoms with Gasteiger partial charge in [0.1, 0.15) is 5.54 Å². The maximum Gasteiger partial charge on any atom is 0.158 e. The summed E-state index contributed by atoms with van der Waals surface area (Å²) in [7, 11) is 1.87. The number of rotatable bonds is 1. The van der Waals surface area contributed by atoms with Crippen LogP contribution in [0.5, 0.6) is 0 Å². The van der Waals surface area contributed by atoms with E-state index in [2.05, 4.69) is 10.4 Å². The largest absolute Gasteiger partial charge is 0.301 e. The molecule has 1 unspecified atom stereocenters. The highest BCUT2D eigenvalue weighted by Gasteiger charge is 2.40. The Balaban J connectivity index is 2.48. The van der Waals surface area contributed by atoms with Crippen LogP contribution in [0.2, 0.25) is 0 Å². The zero-order chi connectivity index (χ0) is 10.3. The molecule has 0 aromatic carbocycles. The Bertz CT molecular complexity index is 383. The van der Waals surface area contributed by atoms with Crippen molar-refractivity contribution in [1.82, 2.24) is 15.1 Å². The first-order chi connectivity index (χ1) is 6.54. The number of hydrogen-bond donors (Lipinski definition) is 1. The van der Waals surface area contributed by atoms with Gasteiger partial charge >= 0.3 is 0 Å². The summed E-state index contributed by atoms with van der Waals surface area (Å²) in [6, 6.07) is 0. The maximum atomic E-state index is 11.8. The van der Waals surface area contributed by atoms with Crippen LogP contribution >= 0.6 is 0 Å². The second-order valence-electron chi connectivity index (χ2n) is 4.03. The quantitative estimate of drug-likeness (QED) is 0.706. The van der Waals surface area contributed by atoms with Gasteiger partial charge in [0, 0.05) is 31.8 Å². The van der Waals surface area contributed by atoms with Gasteiger partial charge in [-0.2, -0.15) is 5.10 Å². The molecule has 0 aliphatic carbocycles. The first-order valence-corrected chi connectivity index (χ1v) is 4.83. The molecule has 1 atom stereocenters. The zero-order valence-electron chi connectivity index (χ0n) is 8.79. The number of carbonyl (C=O) groups excluding carboxylic acids is 1. The molecule has 0 amide bonds. The van der Waals surface area contributed by atoms with E-state index in [0.29, 0.717) is 6.42 Å². The SMILES string of the molecule is Cc1nn(C)cc1C1(C)NCCC1=O. The first kappa shape index (κ1) is 9.40. The molecule has 1 fully saturated rings. The predicted molar refractivity (Wildman–Crippen MR) is 52.9 cm³/mol. The van der Waals surface area contributed by atoms with Crippen LogP contribution in [0.4, 0.5) is 0 Å². The molecule has 1 aliphatic heterocycles. The Kier molecular flexibility index (Phi) is 1.96. The maximum absolute atomic E-state index is 11.8. The summed E-state index contributed by atoms with van der Waals surface area (Å²) in [6.45, 7) is 4.64. The third kappa shape index (κ3) is 1.18. The number of Topliss-reactive ketones (excluding diaryl/α,β-unsaturated/α-hetero) is 1. The highest BCUT2D eigenvalue weighted by Crippen LogP contribution is 2.28. The van der Waals surface area contributed by atoms with Crippen LogP contribution in [-0.4, -0.2) is 22.1 Å². The lowest BCUT2D eigenvalue weighted by Gasteiger charge is -2.21. The first-order valence-electron chi connectivity index (χ1n) is 4.83. The summed E-state index contributed by atoms with van der Waals surface area (Å²) >= 11 is 0. The van der Waals surface area contributed by atoms with E-state index in [1.54, 1.807) is 4.68 Å². The number of hydrogen-bond acceptors (Lipinski definition) is 3. The molecule has 1 aliphatic rings. The molecule has 4 heteroatoms. The summed E-state index contributed by atoms with van der Waals surface area (Å²) in [5, 5.41) is 7.51. The van der Waals surface area contributed by atoms with Gasteiger partial charge in [0.2, 0.25) is 0 Å². The third-order valence-corrected chi connectivity index (χ3v) is 2.94. The summed E-state index contributed by atoms with van der Waals surface area (Å²) in [5.74, 6) is 0.258. The van der Waals surface area contributed by atoms with Crippen LogP contribution < -0.4 is 5.32 Å². The van der Waals surface area contributed by atoms with E-state index in [0.717, 1.165) is 17.8 Å². The van der Waals surface area contributed by atoms with Gasteiger partial charge in [-0.3, -0.25) is 9.48 Å². The molecule has 1 N–H and O–H groups in total. The monoisotopic (exact) mass is 193 g/mol. The molecule has 0 spiro atoms. The Morgan fingerprint density at radius 2 is 2.36 bits per heavy atom. The van der Waals surface area contributed by atoms with Crippen LogP contribution in [0.3, 0.4) is 0 Å². The Labute approximate surface area is 83.3 Å². The summed E-state index contributed by atoms with van der Waals surface area (Å²) in [5.41, 5.74) is 1.42. The van der Waals surface area contributed by atoms with Gasteiger partial charge in [-0.15, -0.1) is 0 Å². The van der Waals surface area contributed by atoms with E-state index in [4.69, 9.17) is 0 Å². The van der Waals surface area contributed by atoms with Crippen molar-refractivity contribution < 1.29 is 4.79 Å². The van der Waals surface area contributed by atoms with Crippen molar-refractivity contribution in [1.29, 1.82) is 0 Å². The van der Waals surface area contributed by atoms with Crippen LogP contribution in [0, 0.1) is 6.92 Å². The normalized spacial score (nSPS) is 27.2. The van der Waals surface area contributed by atoms with Crippen molar-refractivity contribution in [2.75, 3.05) is 6.54 Å². The van der Waals surface area contributed by atoms with Crippen LogP contribution in [0.1, 0.15) is 24.6 Å². The number of nitrogens with zero attached hydrogens (tertiary/aromatic N) is 2. The highest BCUT2D eigenvalue weighted by atomic mass is 16.1. The van der Waals surface area contributed by atoms with Crippen molar-refractivity contribution in [3.63, 3.8) is 0 Å². The van der Waals surface area contributed by atoms with Gasteiger partial charge in [-0.05, 0) is 13.8 Å². The summed E-state index contributed by atoms with van der Waals surface area (Å²) in [4.78, 5) is 11.8. The standard InChI is InChI=1S/C10H15N3O/c1-7-8(6-13(3)12-7)10(2)9(14)4-5-11-10/h6,11H,4-5H2,1-3H3. The van der Waals surface area contributed by atoms with E-state index in [1.807, 2.05) is 27.1 Å². The van der Waals surface area contributed by atoms with E-state index in [9.17, 15) is 4.79 Å². The minimum atomic E-state index is -0.516. The van der Waals surface area contributed by atoms with E-state index in [-0.39, 0.29) is 5.78 Å². The van der Waals surface area contributed by atoms with Gasteiger partial charge in [-0.1, -0.05) is 0 Å². The lowest BCUT2D eigenvalue weighted by atomic mass is 9.90. The van der Waals surface area contributed by atoms with Gasteiger partial charge in [0.15, 0.2) is 5.78 Å². The average molecular weight is 193 g/mol. The number of carbonyl (C=O) groups is 1. The van der Waals surface area contributed by atoms with Crippen molar-refractivity contribution in [3.8, 4) is 0 Å². The van der Waals surface area contributed by atoms with E-state index < -0.39 is 5.54 Å². The molecule has 2 rings (SSSR count). The topological polar surface area (TPSA) is 46.9 Å². The molecular weight excluding hydrogens is 178 g/mol. The fraction of sp³-hybridized carbons (Fsp3) is 0.600. The number of aryl methyl sites for hydroxylation is 2. The summed E-state index contributed by atoms with van der Waals surface area (Å²) < 4.78 is 1.75. The zero-order valence-corrected chi connectivity index (χ0v) is 8.79. The molecule has 0 radical (unpaired) electrons. The second-order valence-corrected chi connectivity index (χ2v) is 4.03. The van der Waals surface area contributed by atoms with Crippen LogP contribution in [0.15, 0.2) is 6.20 Å². The highest BCUT2D eigenvalue weighted by molar-refractivity contribution is 5.91. The van der Waals surface area contributed by atoms with Crippen molar-refractivity contribution in [3.05, 3.63) is 17.5 Å². The number of aromatic nitrogens is 2. The Morgan fingerprint density at radius 1 is 1.64 bits per heavy atom. The smallest absolute Gasteiger partial charge is 0.158 e. The fourth-order valence-corrected chi connectivity index (χ4v) is 2.11. The lowest BCUT2D eigenvalue weighted by Crippen LogP contribution is -2.39. The van der Waals surface area contributed by atoms with Gasteiger partial charge in [-0.25, -0.2) is 0 Å². The number of nitrogens with one attached hydrogen (secondary N) is 1. The van der Waals surface area contributed by atoms with Gasteiger partial charge < -0.3 is 5.32 Å². The molecule has 1 aromatic rings. The predicted octanol–water partition coefficient (Wildman–Crippen LogP) is 0.506. The van der Waals surface area contributed by atoms with Crippen molar-refractivity contribution in [2.24, 2.45) is 7.05 Å². The molecule has 1 saturated heterocycles. The molecule has 76 valence electrons. The fourth-order valence-electron chi connectivity index (χ4n) is 2.11. The molecule has 4 nitrogen and oxygen atoms in total. The Hall–Kier alpha value is -1.16. The average Bonchev–Trinajstić information content (AvgIpc) is 2.59. The summed E-state index contributed by atoms with van der Waals surface area (Å²) in [6.07, 6.45) is 2.54. The second kappa shape index (κ2) is 2.92. The molecule has 0 bridgehead atoms. The third-order valence-electron chi connectivity index (χ3n) is 2.94. The molecule has 2 heterocycles. The molecule has 0 saturated carbocycles. The van der Waals surface area contributed by atoms with Crippen molar-refractivity contribution >= 4 is 5.78 Å². The Morgan fingerprint density at radius 3 is 2.79 bits per heavy atom. The van der Waals surface area contributed by atoms with E-state index in [1.165, 1.54) is 0 Å². The van der Waals surface area contributed by atoms with Crippen LogP contribution in [-0.2, 0) is 17.4 Å². The molecular formula is C10H15N3O. The van der Waals surface area contributed by atoms with Crippen LogP contribution in [0.25, 0.3) is 0 Å². The minimum Gasteiger partial charge on any atom is -0.301 e. The van der Waals surface area contributed by atoms with E-state index >= 15 is 0 Å². The lowest BCUT2D eigenvalue weighted by molar-refractivity contribution is -0.122. The minimum absolute atomic E-state index is 0.258. The molecule has 14 heavy (non-hydrogen) atoms. The van der Waals surface area contributed by atoms with Gasteiger partial charge in [0.25, 0.3) is 0 Å². The van der Waals surface area contributed by atoms with Gasteiger partial charge in [0.05, 0.1) is 5.69 Å². The van der Waals surface area contributed by atoms with Crippen molar-refractivity contribution in [2.45, 2.75) is 25.8 Å². The number of ketones is 1.